The van der Waals surface area contributed by atoms with Crippen molar-refractivity contribution in [1.82, 2.24) is 24.8 Å². The van der Waals surface area contributed by atoms with E-state index in [1.807, 2.05) is 22.8 Å². The van der Waals surface area contributed by atoms with E-state index in [1.165, 1.54) is 30.4 Å². The van der Waals surface area contributed by atoms with Crippen LogP contribution in [0.5, 0.6) is 5.75 Å². The van der Waals surface area contributed by atoms with Crippen LogP contribution in [0.2, 0.25) is 0 Å². The van der Waals surface area contributed by atoms with E-state index in [0.29, 0.717) is 40.8 Å². The predicted molar refractivity (Wildman–Crippen MR) is 230 cm³/mol. The highest BCUT2D eigenvalue weighted by Gasteiger charge is 2.58. The molecule has 3 amide bonds. The van der Waals surface area contributed by atoms with Gasteiger partial charge in [0.05, 0.1) is 17.4 Å². The van der Waals surface area contributed by atoms with E-state index in [-0.39, 0.29) is 65.2 Å². The fourth-order valence-corrected chi connectivity index (χ4v) is 12.2. The average molecular weight is 874 g/mol. The molecule has 0 bridgehead atoms. The largest absolute Gasteiger partial charge is 0.465 e. The molecule has 1 aliphatic carbocycles. The quantitative estimate of drug-likeness (QED) is 0.0988. The summed E-state index contributed by atoms with van der Waals surface area (Å²) in [6.45, 7) is 4.08. The van der Waals surface area contributed by atoms with Crippen LogP contribution < -0.4 is 20.5 Å². The number of rotatable bonds is 14. The van der Waals surface area contributed by atoms with Crippen molar-refractivity contribution in [3.05, 3.63) is 99.3 Å². The lowest BCUT2D eigenvalue weighted by atomic mass is 9.96. The fraction of sp³-hybridized carbons (Fsp3) is 0.489. The highest BCUT2D eigenvalue weighted by molar-refractivity contribution is 7.57. The zero-order valence-electron chi connectivity index (χ0n) is 34.7. The van der Waals surface area contributed by atoms with Crippen LogP contribution in [0.1, 0.15) is 104 Å². The molecule has 8 rings (SSSR count). The number of nitrogens with zero attached hydrogens (tertiary/aromatic N) is 3. The van der Waals surface area contributed by atoms with Gasteiger partial charge in [-0.1, -0.05) is 37.6 Å². The Labute approximate surface area is 358 Å². The summed E-state index contributed by atoms with van der Waals surface area (Å²) in [7, 11) is -2.71. The lowest BCUT2D eigenvalue weighted by Gasteiger charge is -2.34. The zero-order chi connectivity index (χ0) is 43.1. The second kappa shape index (κ2) is 17.5. The Hall–Kier alpha value is -4.85. The first-order valence-electron chi connectivity index (χ1n) is 21.3. The highest BCUT2D eigenvalue weighted by Crippen LogP contribution is 2.58. The Kier molecular flexibility index (Phi) is 12.3. The number of esters is 1. The third-order valence-corrected chi connectivity index (χ3v) is 16.0. The second-order valence-corrected chi connectivity index (χ2v) is 20.2. The minimum absolute atomic E-state index is 0.00714. The van der Waals surface area contributed by atoms with Crippen LogP contribution in [0.25, 0.3) is 10.1 Å². The highest BCUT2D eigenvalue weighted by atomic mass is 32.1. The van der Waals surface area contributed by atoms with E-state index >= 15 is 4.39 Å². The number of carbonyl (C=O) groups is 4. The van der Waals surface area contributed by atoms with Crippen LogP contribution in [0, 0.1) is 5.92 Å². The lowest BCUT2D eigenvalue weighted by molar-refractivity contribution is -0.148. The minimum Gasteiger partial charge on any atom is -0.465 e. The summed E-state index contributed by atoms with van der Waals surface area (Å²) in [5.41, 5.74) is 0.700. The summed E-state index contributed by atoms with van der Waals surface area (Å²) in [5, 5.41) is 6.11. The number of pyridine rings is 1. The van der Waals surface area contributed by atoms with Gasteiger partial charge >= 0.3 is 13.5 Å². The summed E-state index contributed by atoms with van der Waals surface area (Å²) in [4.78, 5) is 71.5. The van der Waals surface area contributed by atoms with Gasteiger partial charge in [0, 0.05) is 54.6 Å². The molecule has 16 heteroatoms. The predicted octanol–water partition coefficient (Wildman–Crippen LogP) is 7.21. The first-order valence-corrected chi connectivity index (χ1v) is 23.8. The number of para-hydroxylation sites is 1. The molecule has 1 saturated carbocycles. The maximum absolute atomic E-state index is 16.5. The molecule has 1 spiro atoms. The molecule has 5 heterocycles. The molecule has 3 saturated heterocycles. The maximum atomic E-state index is 16.5. The van der Waals surface area contributed by atoms with Crippen molar-refractivity contribution in [2.75, 3.05) is 19.7 Å². The molecule has 324 valence electrons. The van der Waals surface area contributed by atoms with Gasteiger partial charge in [-0.3, -0.25) is 28.5 Å². The molecule has 2 aromatic carbocycles. The lowest BCUT2D eigenvalue weighted by Crippen LogP contribution is -2.53. The fourth-order valence-electron chi connectivity index (χ4n) is 9.32. The number of thiophene rings is 1. The Bertz CT molecular complexity index is 2420. The number of benzene rings is 2. The molecular formula is C45H53FN5O8PS. The number of aromatic nitrogens is 1. The van der Waals surface area contributed by atoms with E-state index < -0.39 is 37.4 Å². The van der Waals surface area contributed by atoms with E-state index in [9.17, 15) is 28.5 Å². The topological polar surface area (TPSA) is 156 Å². The third-order valence-electron chi connectivity index (χ3n) is 12.8. The van der Waals surface area contributed by atoms with Crippen LogP contribution in [0.3, 0.4) is 0 Å². The average Bonchev–Trinajstić information content (AvgIpc) is 3.56. The molecular weight excluding hydrogens is 821 g/mol. The molecule has 3 aliphatic heterocycles. The monoisotopic (exact) mass is 873 g/mol. The number of likely N-dealkylation sites (tertiary alicyclic amines) is 1. The van der Waals surface area contributed by atoms with Crippen LogP contribution in [0.15, 0.2) is 77.7 Å². The number of carbonyl (C=O) groups excluding carboxylic acids is 4. The van der Waals surface area contributed by atoms with Crippen LogP contribution >= 0.6 is 18.9 Å². The normalized spacial score (nSPS) is 23.8. The molecule has 7 atom stereocenters. The molecule has 0 radical (unpaired) electrons. The van der Waals surface area contributed by atoms with Gasteiger partial charge in [-0.15, -0.1) is 11.3 Å². The van der Waals surface area contributed by atoms with Gasteiger partial charge in [0.25, 0.3) is 11.5 Å². The molecule has 4 aromatic rings. The van der Waals surface area contributed by atoms with Crippen molar-refractivity contribution in [2.45, 2.75) is 107 Å². The number of amides is 3. The molecule has 2 N–H and O–H groups in total. The number of aryl methyl sites for hydroxylation is 1. The van der Waals surface area contributed by atoms with Gasteiger partial charge in [0.2, 0.25) is 17.7 Å². The van der Waals surface area contributed by atoms with Crippen LogP contribution in [-0.4, -0.2) is 81.4 Å². The molecule has 4 fully saturated rings. The van der Waals surface area contributed by atoms with Crippen molar-refractivity contribution in [2.24, 2.45) is 13.0 Å². The van der Waals surface area contributed by atoms with Gasteiger partial charge in [-0.05, 0) is 111 Å². The maximum Gasteiger partial charge on any atom is 0.355 e. The van der Waals surface area contributed by atoms with E-state index in [0.717, 1.165) is 44.1 Å². The van der Waals surface area contributed by atoms with E-state index in [2.05, 4.69) is 10.4 Å². The molecule has 61 heavy (non-hydrogen) atoms. The van der Waals surface area contributed by atoms with E-state index in [1.54, 1.807) is 66.3 Å². The van der Waals surface area contributed by atoms with Crippen molar-refractivity contribution < 1.29 is 37.4 Å². The van der Waals surface area contributed by atoms with Crippen molar-refractivity contribution in [1.29, 1.82) is 0 Å². The molecule has 13 nitrogen and oxygen atoms in total. The molecule has 2 aromatic heterocycles. The number of ether oxygens (including phenoxy) is 1. The Balaban J connectivity index is 0.935. The molecule has 4 aliphatic rings. The van der Waals surface area contributed by atoms with Crippen LogP contribution in [0.4, 0.5) is 4.39 Å². The zero-order valence-corrected chi connectivity index (χ0v) is 36.4. The van der Waals surface area contributed by atoms with Crippen molar-refractivity contribution >= 4 is 52.6 Å². The number of halogens is 1. The van der Waals surface area contributed by atoms with Gasteiger partial charge < -0.3 is 28.9 Å². The summed E-state index contributed by atoms with van der Waals surface area (Å²) >= 11 is 1.21. The number of nitrogens with one attached hydrogen (secondary N) is 2. The standard InChI is InChI=1S/C45H53FN5O8PS/c1-4-21-58-44(56)28(2)48-60(57,59-35-11-6-5-7-12-35)40(46)30-13-16-37-32(22-30)23-38(61-37)41(53)47-26-31-9-8-10-34-14-15-36(51(34)42(31)54)43(55)50-27-33(25-45(50)18-19-45)29-17-20-49(3)39(52)24-29/h5-7,11-13,16-17,20,22-24,28,31,33-34,36,40H,4,8-10,14-15,18-19,21,25-27H2,1-3H3,(H,47,53)(H,48,57)/t28-,31?,33-,34-,36-,40+,60?/m0/s1. The summed E-state index contributed by atoms with van der Waals surface area (Å²) in [6.07, 6.45) is 8.58. The Morgan fingerprint density at radius 3 is 2.54 bits per heavy atom. The van der Waals surface area contributed by atoms with Gasteiger partial charge in [0.15, 0.2) is 0 Å². The first kappa shape index (κ1) is 42.8. The van der Waals surface area contributed by atoms with Gasteiger partial charge in [-0.2, -0.15) is 0 Å². The SMILES string of the molecule is CCCOC(=O)[C@H](C)NP(=O)(Oc1ccccc1)[C@@H](F)c1ccc2sc(C(=O)NCC3CCC[C@H]4CC[C@@H](C(=O)N5C[C@@H](c6ccn(C)c(=O)c6)CC56CC6)N4C3=O)cc2c1. The first-order chi connectivity index (χ1) is 29.3. The number of alkyl halides is 1. The number of hydrogen-bond donors (Lipinski definition) is 2. The Morgan fingerprint density at radius 2 is 1.80 bits per heavy atom. The number of fused-ring (bicyclic) bond motifs is 2. The molecule has 2 unspecified atom stereocenters. The minimum atomic E-state index is -4.43. The summed E-state index contributed by atoms with van der Waals surface area (Å²) in [6, 6.07) is 16.4. The van der Waals surface area contributed by atoms with E-state index in [4.69, 9.17) is 9.26 Å². The van der Waals surface area contributed by atoms with Crippen molar-refractivity contribution in [3.8, 4) is 5.75 Å². The van der Waals surface area contributed by atoms with Crippen molar-refractivity contribution in [3.63, 3.8) is 0 Å². The number of hydrogen-bond acceptors (Lipinski definition) is 9. The summed E-state index contributed by atoms with van der Waals surface area (Å²) in [5.74, 6) is -3.62. The van der Waals surface area contributed by atoms with Gasteiger partial charge in [0.1, 0.15) is 17.8 Å². The van der Waals surface area contributed by atoms with Crippen LogP contribution in [-0.2, 0) is 30.7 Å². The van der Waals surface area contributed by atoms with Gasteiger partial charge in [-0.25, -0.2) is 9.48 Å². The Morgan fingerprint density at radius 1 is 1.02 bits per heavy atom. The summed E-state index contributed by atoms with van der Waals surface area (Å²) < 4.78 is 44.0. The third kappa shape index (κ3) is 8.79. The smallest absolute Gasteiger partial charge is 0.355 e. The second-order valence-electron chi connectivity index (χ2n) is 17.1.